The van der Waals surface area contributed by atoms with Gasteiger partial charge in [-0.25, -0.2) is 4.39 Å². The summed E-state index contributed by atoms with van der Waals surface area (Å²) in [7, 11) is 6.63. The molecule has 2 aromatic rings. The van der Waals surface area contributed by atoms with Crippen molar-refractivity contribution in [3.63, 3.8) is 0 Å². The highest BCUT2D eigenvalue weighted by Crippen LogP contribution is 2.41. The van der Waals surface area contributed by atoms with Gasteiger partial charge in [-0.1, -0.05) is 12.1 Å². The van der Waals surface area contributed by atoms with E-state index in [2.05, 4.69) is 0 Å². The van der Waals surface area contributed by atoms with Gasteiger partial charge in [-0.05, 0) is 50.0 Å². The Morgan fingerprint density at radius 3 is 2.35 bits per heavy atom. The molecule has 1 N–H and O–H groups in total. The molecule has 0 unspecified atom stereocenters. The highest BCUT2D eigenvalue weighted by molar-refractivity contribution is 6.46. The minimum Gasteiger partial charge on any atom is -0.507 e. The van der Waals surface area contributed by atoms with Crippen molar-refractivity contribution < 1.29 is 28.6 Å². The van der Waals surface area contributed by atoms with Crippen LogP contribution in [0.1, 0.15) is 17.2 Å². The summed E-state index contributed by atoms with van der Waals surface area (Å²) in [5.41, 5.74) is 0.514. The van der Waals surface area contributed by atoms with E-state index in [0.717, 1.165) is 6.07 Å². The Morgan fingerprint density at radius 1 is 1.10 bits per heavy atom. The lowest BCUT2D eigenvalue weighted by Crippen LogP contribution is -2.35. The van der Waals surface area contributed by atoms with Crippen LogP contribution < -0.4 is 9.47 Å². The van der Waals surface area contributed by atoms with Gasteiger partial charge >= 0.3 is 0 Å². The lowest BCUT2D eigenvalue weighted by molar-refractivity contribution is -0.140. The molecule has 8 heteroatoms. The third-order valence-electron chi connectivity index (χ3n) is 5.18. The molecular formula is C23H25FN2O5. The third kappa shape index (κ3) is 4.39. The van der Waals surface area contributed by atoms with E-state index in [9.17, 15) is 19.1 Å². The van der Waals surface area contributed by atoms with Crippen LogP contribution in [0.2, 0.25) is 0 Å². The Morgan fingerprint density at radius 2 is 1.77 bits per heavy atom. The second-order valence-electron chi connectivity index (χ2n) is 7.41. The van der Waals surface area contributed by atoms with Crippen LogP contribution in [-0.4, -0.2) is 68.0 Å². The summed E-state index contributed by atoms with van der Waals surface area (Å²) in [5, 5.41) is 11.1. The first-order valence-electron chi connectivity index (χ1n) is 9.69. The summed E-state index contributed by atoms with van der Waals surface area (Å²) in [4.78, 5) is 29.2. The standard InChI is InChI=1S/C23H25FN2O5/c1-25(2)11-12-26-20(14-5-8-16(30-3)9-6-14)19(22(28)23(26)29)21(27)17-13-15(24)7-10-18(17)31-4/h5-10,13,20,27H,11-12H2,1-4H3/b21-19+/t20-/m1/s1. The smallest absolute Gasteiger partial charge is 0.295 e. The summed E-state index contributed by atoms with van der Waals surface area (Å²) in [5.74, 6) is -1.84. The number of nitrogens with zero attached hydrogens (tertiary/aromatic N) is 2. The zero-order chi connectivity index (χ0) is 22.7. The SMILES string of the molecule is COc1ccc([C@@H]2/C(=C(\O)c3cc(F)ccc3OC)C(=O)C(=O)N2CCN(C)C)cc1. The zero-order valence-corrected chi connectivity index (χ0v) is 17.9. The van der Waals surface area contributed by atoms with Crippen LogP contribution in [0.4, 0.5) is 4.39 Å². The van der Waals surface area contributed by atoms with Crippen molar-refractivity contribution in [2.75, 3.05) is 41.4 Å². The summed E-state index contributed by atoms with van der Waals surface area (Å²) in [6.07, 6.45) is 0. The number of likely N-dealkylation sites (N-methyl/N-ethyl adjacent to an activating group) is 1. The van der Waals surface area contributed by atoms with Crippen LogP contribution in [-0.2, 0) is 9.59 Å². The van der Waals surface area contributed by atoms with Gasteiger partial charge in [0.15, 0.2) is 0 Å². The molecule has 2 aromatic carbocycles. The highest BCUT2D eigenvalue weighted by atomic mass is 19.1. The molecule has 0 aliphatic carbocycles. The molecule has 0 aromatic heterocycles. The second-order valence-corrected chi connectivity index (χ2v) is 7.41. The molecule has 0 radical (unpaired) electrons. The van der Waals surface area contributed by atoms with Crippen LogP contribution in [0, 0.1) is 5.82 Å². The maximum absolute atomic E-state index is 13.9. The molecule has 164 valence electrons. The first kappa shape index (κ1) is 22.3. The van der Waals surface area contributed by atoms with E-state index < -0.39 is 29.3 Å². The fraction of sp³-hybridized carbons (Fsp3) is 0.304. The number of benzene rings is 2. The van der Waals surface area contributed by atoms with Crippen molar-refractivity contribution in [2.24, 2.45) is 0 Å². The number of carbonyl (C=O) groups excluding carboxylic acids is 2. The van der Waals surface area contributed by atoms with Crippen molar-refractivity contribution in [1.29, 1.82) is 0 Å². The summed E-state index contributed by atoms with van der Waals surface area (Å²) >= 11 is 0. The quantitative estimate of drug-likeness (QED) is 0.415. The Kier molecular flexibility index (Phi) is 6.60. The molecule has 3 rings (SSSR count). The Labute approximate surface area is 180 Å². The van der Waals surface area contributed by atoms with Crippen molar-refractivity contribution >= 4 is 17.4 Å². The zero-order valence-electron chi connectivity index (χ0n) is 17.9. The minimum absolute atomic E-state index is 0.00613. The van der Waals surface area contributed by atoms with E-state index >= 15 is 0 Å². The number of rotatable bonds is 7. The van der Waals surface area contributed by atoms with Gasteiger partial charge < -0.3 is 24.4 Å². The minimum atomic E-state index is -0.834. The molecule has 7 nitrogen and oxygen atoms in total. The second kappa shape index (κ2) is 9.18. The molecule has 0 bridgehead atoms. The lowest BCUT2D eigenvalue weighted by atomic mass is 9.95. The first-order chi connectivity index (χ1) is 14.8. The van der Waals surface area contributed by atoms with E-state index in [1.54, 1.807) is 24.3 Å². The van der Waals surface area contributed by atoms with Crippen LogP contribution >= 0.6 is 0 Å². The predicted octanol–water partition coefficient (Wildman–Crippen LogP) is 2.83. The molecular weight excluding hydrogens is 403 g/mol. The molecule has 0 saturated carbocycles. The molecule has 1 aliphatic heterocycles. The van der Waals surface area contributed by atoms with Crippen LogP contribution in [0.5, 0.6) is 11.5 Å². The highest BCUT2D eigenvalue weighted by Gasteiger charge is 2.46. The summed E-state index contributed by atoms with van der Waals surface area (Å²) in [6, 6.07) is 9.67. The van der Waals surface area contributed by atoms with Crippen molar-refractivity contribution in [2.45, 2.75) is 6.04 Å². The molecule has 1 saturated heterocycles. The maximum Gasteiger partial charge on any atom is 0.295 e. The number of hydrogen-bond donors (Lipinski definition) is 1. The Bertz CT molecular complexity index is 1020. The number of ether oxygens (including phenoxy) is 2. The molecule has 1 fully saturated rings. The van der Waals surface area contributed by atoms with Crippen molar-refractivity contribution in [3.8, 4) is 11.5 Å². The Balaban J connectivity index is 2.19. The largest absolute Gasteiger partial charge is 0.507 e. The normalized spacial score (nSPS) is 18.0. The number of aliphatic hydroxyl groups is 1. The van der Waals surface area contributed by atoms with Crippen LogP contribution in [0.25, 0.3) is 5.76 Å². The number of halogens is 1. The molecule has 1 heterocycles. The van der Waals surface area contributed by atoms with Gasteiger partial charge in [0.1, 0.15) is 23.1 Å². The molecule has 1 aliphatic rings. The average Bonchev–Trinajstić information content (AvgIpc) is 3.01. The van der Waals surface area contributed by atoms with Gasteiger partial charge in [-0.15, -0.1) is 0 Å². The molecule has 0 spiro atoms. The van der Waals surface area contributed by atoms with E-state index in [-0.39, 0.29) is 23.4 Å². The van der Waals surface area contributed by atoms with Gasteiger partial charge in [-0.3, -0.25) is 9.59 Å². The maximum atomic E-state index is 13.9. The predicted molar refractivity (Wildman–Crippen MR) is 114 cm³/mol. The van der Waals surface area contributed by atoms with Gasteiger partial charge in [0.05, 0.1) is 31.4 Å². The van der Waals surface area contributed by atoms with E-state index in [0.29, 0.717) is 17.9 Å². The number of hydrogen-bond acceptors (Lipinski definition) is 6. The molecule has 1 amide bonds. The van der Waals surface area contributed by atoms with Crippen LogP contribution in [0.15, 0.2) is 48.0 Å². The number of likely N-dealkylation sites (tertiary alicyclic amines) is 1. The molecule has 1 atom stereocenters. The van der Waals surface area contributed by atoms with E-state index in [4.69, 9.17) is 9.47 Å². The van der Waals surface area contributed by atoms with Gasteiger partial charge in [0.2, 0.25) is 0 Å². The average molecular weight is 428 g/mol. The summed E-state index contributed by atoms with van der Waals surface area (Å²) in [6.45, 7) is 0.786. The number of ketones is 1. The van der Waals surface area contributed by atoms with Gasteiger partial charge in [0.25, 0.3) is 11.7 Å². The van der Waals surface area contributed by atoms with E-state index in [1.165, 1.54) is 31.3 Å². The number of carbonyl (C=O) groups is 2. The topological polar surface area (TPSA) is 79.3 Å². The van der Waals surface area contributed by atoms with E-state index in [1.807, 2.05) is 19.0 Å². The number of methoxy groups -OCH3 is 2. The third-order valence-corrected chi connectivity index (χ3v) is 5.18. The van der Waals surface area contributed by atoms with Crippen molar-refractivity contribution in [1.82, 2.24) is 9.80 Å². The Hall–Kier alpha value is -3.39. The number of aliphatic hydroxyl groups excluding tert-OH is 1. The van der Waals surface area contributed by atoms with Crippen LogP contribution in [0.3, 0.4) is 0 Å². The monoisotopic (exact) mass is 428 g/mol. The number of Topliss-reactive ketones (excluding diaryl/α,β-unsaturated/α-hetero) is 1. The number of amides is 1. The lowest BCUT2D eigenvalue weighted by Gasteiger charge is -2.26. The van der Waals surface area contributed by atoms with Gasteiger partial charge in [-0.2, -0.15) is 0 Å². The first-order valence-corrected chi connectivity index (χ1v) is 9.69. The molecule has 31 heavy (non-hydrogen) atoms. The fourth-order valence-electron chi connectivity index (χ4n) is 3.56. The summed E-state index contributed by atoms with van der Waals surface area (Å²) < 4.78 is 24.3. The fourth-order valence-corrected chi connectivity index (χ4v) is 3.56. The van der Waals surface area contributed by atoms with Crippen molar-refractivity contribution in [3.05, 3.63) is 65.0 Å². The van der Waals surface area contributed by atoms with Gasteiger partial charge in [0, 0.05) is 13.1 Å².